The Balaban J connectivity index is 2.25. The van der Waals surface area contributed by atoms with E-state index in [4.69, 9.17) is 0 Å². The van der Waals surface area contributed by atoms with Crippen molar-refractivity contribution in [3.05, 3.63) is 60.2 Å². The number of halogens is 2. The van der Waals surface area contributed by atoms with Gasteiger partial charge in [0.25, 0.3) is 0 Å². The van der Waals surface area contributed by atoms with Crippen LogP contribution in [0.25, 0.3) is 0 Å². The van der Waals surface area contributed by atoms with Gasteiger partial charge in [0.2, 0.25) is 15.9 Å². The molecule has 1 amide bonds. The zero-order valence-electron chi connectivity index (χ0n) is 13.7. The van der Waals surface area contributed by atoms with Gasteiger partial charge in [0.05, 0.1) is 5.69 Å². The molecule has 0 saturated heterocycles. The van der Waals surface area contributed by atoms with E-state index in [1.165, 1.54) is 36.4 Å². The van der Waals surface area contributed by atoms with Crippen LogP contribution in [0.1, 0.15) is 13.8 Å². The van der Waals surface area contributed by atoms with Gasteiger partial charge in [0, 0.05) is 0 Å². The normalized spacial score (nSPS) is 12.8. The van der Waals surface area contributed by atoms with Crippen LogP contribution < -0.4 is 10.0 Å². The van der Waals surface area contributed by atoms with Crippen molar-refractivity contribution in [1.29, 1.82) is 0 Å². The van der Waals surface area contributed by atoms with Gasteiger partial charge >= 0.3 is 0 Å². The Hall–Kier alpha value is -2.32. The predicted octanol–water partition coefficient (Wildman–Crippen LogP) is 2.91. The fraction of sp³-hybridized carbons (Fsp3) is 0.235. The summed E-state index contributed by atoms with van der Waals surface area (Å²) in [5.74, 6) is -2.75. The number of hydrogen-bond acceptors (Lipinski definition) is 3. The molecule has 2 aromatic rings. The number of rotatable bonds is 6. The first-order chi connectivity index (χ1) is 11.7. The average Bonchev–Trinajstić information content (AvgIpc) is 2.54. The molecule has 5 nitrogen and oxygen atoms in total. The van der Waals surface area contributed by atoms with Gasteiger partial charge in [-0.3, -0.25) is 4.79 Å². The van der Waals surface area contributed by atoms with Gasteiger partial charge < -0.3 is 5.32 Å². The van der Waals surface area contributed by atoms with Crippen LogP contribution in [0, 0.1) is 17.6 Å². The molecule has 0 aliphatic heterocycles. The Morgan fingerprint density at radius 1 is 0.960 bits per heavy atom. The second-order valence-corrected chi connectivity index (χ2v) is 7.42. The summed E-state index contributed by atoms with van der Waals surface area (Å²) < 4.78 is 54.4. The van der Waals surface area contributed by atoms with Gasteiger partial charge in [-0.2, -0.15) is 4.72 Å². The molecule has 8 heteroatoms. The van der Waals surface area contributed by atoms with Crippen LogP contribution >= 0.6 is 0 Å². The third-order valence-corrected chi connectivity index (χ3v) is 4.96. The third kappa shape index (κ3) is 4.61. The molecule has 0 fully saturated rings. The van der Waals surface area contributed by atoms with Gasteiger partial charge in [-0.25, -0.2) is 17.2 Å². The first-order valence-electron chi connectivity index (χ1n) is 7.54. The standard InChI is InChI=1S/C17H18F2N2O3S/c1-11(2)16(17(22)20-14-9-5-3-7-12(14)18)21-25(23,24)15-10-6-4-8-13(15)19/h3-11,16,21H,1-2H3,(H,20,22). The van der Waals surface area contributed by atoms with Crippen molar-refractivity contribution in [2.24, 2.45) is 5.92 Å². The van der Waals surface area contributed by atoms with E-state index in [2.05, 4.69) is 10.0 Å². The Morgan fingerprint density at radius 3 is 2.08 bits per heavy atom. The smallest absolute Gasteiger partial charge is 0.244 e. The molecule has 0 spiro atoms. The lowest BCUT2D eigenvalue weighted by atomic mass is 10.0. The van der Waals surface area contributed by atoms with Crippen molar-refractivity contribution >= 4 is 21.6 Å². The maximum Gasteiger partial charge on any atom is 0.244 e. The van der Waals surface area contributed by atoms with Crippen LogP contribution in [0.4, 0.5) is 14.5 Å². The lowest BCUT2D eigenvalue weighted by Gasteiger charge is -2.22. The van der Waals surface area contributed by atoms with Crippen molar-refractivity contribution in [2.45, 2.75) is 24.8 Å². The predicted molar refractivity (Wildman–Crippen MR) is 90.4 cm³/mol. The van der Waals surface area contributed by atoms with Crippen molar-refractivity contribution in [1.82, 2.24) is 4.72 Å². The summed E-state index contributed by atoms with van der Waals surface area (Å²) >= 11 is 0. The van der Waals surface area contributed by atoms with Crippen LogP contribution in [0.2, 0.25) is 0 Å². The molecular formula is C17H18F2N2O3S. The fourth-order valence-electron chi connectivity index (χ4n) is 2.16. The lowest BCUT2D eigenvalue weighted by molar-refractivity contribution is -0.118. The molecule has 2 rings (SSSR count). The van der Waals surface area contributed by atoms with Crippen LogP contribution in [0.15, 0.2) is 53.4 Å². The largest absolute Gasteiger partial charge is 0.322 e. The molecule has 0 saturated carbocycles. The van der Waals surface area contributed by atoms with E-state index in [0.29, 0.717) is 0 Å². The summed E-state index contributed by atoms with van der Waals surface area (Å²) in [6.45, 7) is 3.24. The van der Waals surface area contributed by atoms with E-state index in [1.807, 2.05) is 0 Å². The molecule has 1 unspecified atom stereocenters. The van der Waals surface area contributed by atoms with Gasteiger partial charge in [-0.15, -0.1) is 0 Å². The average molecular weight is 368 g/mol. The van der Waals surface area contributed by atoms with Gasteiger partial charge in [0.15, 0.2) is 0 Å². The Morgan fingerprint density at radius 2 is 1.52 bits per heavy atom. The van der Waals surface area contributed by atoms with Crippen molar-refractivity contribution in [3.63, 3.8) is 0 Å². The highest BCUT2D eigenvalue weighted by Crippen LogP contribution is 2.17. The molecule has 0 aliphatic carbocycles. The fourth-order valence-corrected chi connectivity index (χ4v) is 3.58. The minimum atomic E-state index is -4.26. The van der Waals surface area contributed by atoms with E-state index in [9.17, 15) is 22.0 Å². The number of carbonyl (C=O) groups is 1. The molecule has 0 heterocycles. The Bertz CT molecular complexity index is 870. The molecule has 2 aromatic carbocycles. The van der Waals surface area contributed by atoms with E-state index >= 15 is 0 Å². The summed E-state index contributed by atoms with van der Waals surface area (Å²) in [6.07, 6.45) is 0. The molecule has 1 atom stereocenters. The molecule has 0 bridgehead atoms. The van der Waals surface area contributed by atoms with E-state index < -0.39 is 44.4 Å². The summed E-state index contributed by atoms with van der Waals surface area (Å²) in [5, 5.41) is 2.35. The summed E-state index contributed by atoms with van der Waals surface area (Å²) in [4.78, 5) is 11.8. The molecule has 0 aliphatic rings. The van der Waals surface area contributed by atoms with Crippen LogP contribution in [-0.4, -0.2) is 20.4 Å². The third-order valence-electron chi connectivity index (χ3n) is 3.49. The van der Waals surface area contributed by atoms with E-state index in [-0.39, 0.29) is 5.69 Å². The monoisotopic (exact) mass is 368 g/mol. The van der Waals surface area contributed by atoms with Crippen LogP contribution in [0.5, 0.6) is 0 Å². The second kappa shape index (κ2) is 7.71. The number of hydrogen-bond donors (Lipinski definition) is 2. The number of carbonyl (C=O) groups excluding carboxylic acids is 1. The lowest BCUT2D eigenvalue weighted by Crippen LogP contribution is -2.47. The van der Waals surface area contributed by atoms with E-state index in [0.717, 1.165) is 12.1 Å². The van der Waals surface area contributed by atoms with Crippen LogP contribution in [0.3, 0.4) is 0 Å². The number of benzene rings is 2. The van der Waals surface area contributed by atoms with Crippen molar-refractivity contribution in [3.8, 4) is 0 Å². The highest BCUT2D eigenvalue weighted by atomic mass is 32.2. The molecule has 2 N–H and O–H groups in total. The molecule has 0 aromatic heterocycles. The number of para-hydroxylation sites is 1. The maximum absolute atomic E-state index is 13.8. The van der Waals surface area contributed by atoms with Crippen molar-refractivity contribution < 1.29 is 22.0 Å². The Kier molecular flexibility index (Phi) is 5.86. The molecule has 0 radical (unpaired) electrons. The number of sulfonamides is 1. The Labute approximate surface area is 145 Å². The zero-order valence-corrected chi connectivity index (χ0v) is 14.5. The second-order valence-electron chi connectivity index (χ2n) is 5.74. The molecule has 134 valence electrons. The van der Waals surface area contributed by atoms with E-state index in [1.54, 1.807) is 13.8 Å². The highest BCUT2D eigenvalue weighted by Gasteiger charge is 2.30. The highest BCUT2D eigenvalue weighted by molar-refractivity contribution is 7.89. The first-order valence-corrected chi connectivity index (χ1v) is 9.03. The topological polar surface area (TPSA) is 75.3 Å². The summed E-state index contributed by atoms with van der Waals surface area (Å²) in [7, 11) is -4.26. The number of anilines is 1. The van der Waals surface area contributed by atoms with Gasteiger partial charge in [-0.1, -0.05) is 38.1 Å². The minimum Gasteiger partial charge on any atom is -0.322 e. The first kappa shape index (κ1) is 19.0. The zero-order chi connectivity index (χ0) is 18.6. The van der Waals surface area contributed by atoms with Crippen molar-refractivity contribution in [2.75, 3.05) is 5.32 Å². The minimum absolute atomic E-state index is 0.0664. The summed E-state index contributed by atoms with van der Waals surface area (Å²) in [6, 6.07) is 9.17. The number of nitrogens with one attached hydrogen (secondary N) is 2. The van der Waals surface area contributed by atoms with Crippen LogP contribution in [-0.2, 0) is 14.8 Å². The number of amides is 1. The van der Waals surface area contributed by atoms with Gasteiger partial charge in [0.1, 0.15) is 22.6 Å². The van der Waals surface area contributed by atoms with Gasteiger partial charge in [-0.05, 0) is 30.2 Å². The summed E-state index contributed by atoms with van der Waals surface area (Å²) in [5.41, 5.74) is -0.0664. The molecule has 25 heavy (non-hydrogen) atoms. The molecular weight excluding hydrogens is 350 g/mol. The quantitative estimate of drug-likeness (QED) is 0.823. The SMILES string of the molecule is CC(C)C(NS(=O)(=O)c1ccccc1F)C(=O)Nc1ccccc1F. The maximum atomic E-state index is 13.8.